The number of methoxy groups -OCH3 is 1. The average molecular weight is 530 g/mol. The molecule has 2 aliphatic heterocycles. The minimum absolute atomic E-state index is 0.142. The molecule has 2 saturated heterocycles. The standard InChI is InChI=1S/C24H40ClN5O4S/c1-34-23-18-22(26)21(25)17-20(23)24(31)27-19-7-11-28(12-8-19)9-5-3-4-6-10-29-13-15-30(16-14-29)35(2,32)33/h17-19H,3-16,26H2,1-2H3,(H,27,31). The fraction of sp³-hybridized carbons (Fsp3) is 0.708. The van der Waals surface area contributed by atoms with Crippen LogP contribution in [0.4, 0.5) is 5.69 Å². The number of nitrogens with one attached hydrogen (secondary N) is 1. The molecule has 3 rings (SSSR count). The van der Waals surface area contributed by atoms with Gasteiger partial charge >= 0.3 is 0 Å². The van der Waals surface area contributed by atoms with Gasteiger partial charge in [-0.2, -0.15) is 4.31 Å². The van der Waals surface area contributed by atoms with Crippen molar-refractivity contribution >= 4 is 33.2 Å². The number of anilines is 1. The van der Waals surface area contributed by atoms with E-state index in [1.54, 1.807) is 16.4 Å². The summed E-state index contributed by atoms with van der Waals surface area (Å²) in [5.41, 5.74) is 6.61. The summed E-state index contributed by atoms with van der Waals surface area (Å²) in [4.78, 5) is 17.6. The van der Waals surface area contributed by atoms with Crippen LogP contribution in [-0.4, -0.2) is 100 Å². The van der Waals surface area contributed by atoms with Crippen LogP contribution in [0.2, 0.25) is 5.02 Å². The maximum absolute atomic E-state index is 12.7. The van der Waals surface area contributed by atoms with E-state index in [0.717, 1.165) is 58.5 Å². The van der Waals surface area contributed by atoms with Gasteiger partial charge in [-0.05, 0) is 44.8 Å². The predicted octanol–water partition coefficient (Wildman–Crippen LogP) is 2.26. The molecular weight excluding hydrogens is 490 g/mol. The lowest BCUT2D eigenvalue weighted by Crippen LogP contribution is -2.48. The quantitative estimate of drug-likeness (QED) is 0.334. The van der Waals surface area contributed by atoms with E-state index in [1.807, 2.05) is 0 Å². The fourth-order valence-corrected chi connectivity index (χ4v) is 5.78. The second-order valence-corrected chi connectivity index (χ2v) is 12.0. The highest BCUT2D eigenvalue weighted by Gasteiger charge is 2.24. The Balaban J connectivity index is 1.26. The van der Waals surface area contributed by atoms with Gasteiger partial charge in [0.2, 0.25) is 10.0 Å². The lowest BCUT2D eigenvalue weighted by molar-refractivity contribution is 0.0907. The highest BCUT2D eigenvalue weighted by atomic mass is 35.5. The van der Waals surface area contributed by atoms with Gasteiger partial charge in [-0.15, -0.1) is 0 Å². The van der Waals surface area contributed by atoms with Crippen LogP contribution in [0, 0.1) is 0 Å². The normalized spacial score (nSPS) is 19.1. The number of piperazine rings is 1. The van der Waals surface area contributed by atoms with Crippen molar-refractivity contribution in [1.29, 1.82) is 0 Å². The number of sulfonamides is 1. The van der Waals surface area contributed by atoms with E-state index in [4.69, 9.17) is 22.1 Å². The highest BCUT2D eigenvalue weighted by Crippen LogP contribution is 2.29. The Kier molecular flexibility index (Phi) is 10.5. The molecule has 2 heterocycles. The highest BCUT2D eigenvalue weighted by molar-refractivity contribution is 7.88. The zero-order valence-corrected chi connectivity index (χ0v) is 22.5. The summed E-state index contributed by atoms with van der Waals surface area (Å²) in [5.74, 6) is 0.248. The number of piperidine rings is 1. The first-order chi connectivity index (χ1) is 16.7. The number of hydrogen-bond acceptors (Lipinski definition) is 7. The molecule has 0 unspecified atom stereocenters. The molecule has 0 aliphatic carbocycles. The number of carbonyl (C=O) groups is 1. The molecule has 0 saturated carbocycles. The first kappa shape index (κ1) is 28.0. The summed E-state index contributed by atoms with van der Waals surface area (Å²) in [6.07, 6.45) is 7.89. The number of rotatable bonds is 11. The molecular formula is C24H40ClN5O4S. The number of nitrogens with zero attached hydrogens (tertiary/aromatic N) is 3. The number of amides is 1. The van der Waals surface area contributed by atoms with E-state index < -0.39 is 10.0 Å². The van der Waals surface area contributed by atoms with Crippen molar-refractivity contribution < 1.29 is 17.9 Å². The van der Waals surface area contributed by atoms with Crippen LogP contribution in [0.1, 0.15) is 48.9 Å². The third kappa shape index (κ3) is 8.49. The topological polar surface area (TPSA) is 108 Å². The van der Waals surface area contributed by atoms with Crippen LogP contribution in [0.5, 0.6) is 5.75 Å². The zero-order valence-electron chi connectivity index (χ0n) is 21.0. The van der Waals surface area contributed by atoms with Gasteiger partial charge in [0.25, 0.3) is 5.91 Å². The summed E-state index contributed by atoms with van der Waals surface area (Å²) < 4.78 is 30.1. The van der Waals surface area contributed by atoms with Gasteiger partial charge in [0.1, 0.15) is 5.75 Å². The lowest BCUT2D eigenvalue weighted by Gasteiger charge is -2.33. The lowest BCUT2D eigenvalue weighted by atomic mass is 10.0. The van der Waals surface area contributed by atoms with Crippen LogP contribution < -0.4 is 15.8 Å². The molecule has 0 spiro atoms. The van der Waals surface area contributed by atoms with Gasteiger partial charge in [-0.3, -0.25) is 4.79 Å². The smallest absolute Gasteiger partial charge is 0.255 e. The van der Waals surface area contributed by atoms with E-state index in [-0.39, 0.29) is 11.9 Å². The molecule has 11 heteroatoms. The summed E-state index contributed by atoms with van der Waals surface area (Å²) in [5, 5.41) is 3.46. The minimum atomic E-state index is -3.05. The summed E-state index contributed by atoms with van der Waals surface area (Å²) in [7, 11) is -1.54. The molecule has 0 bridgehead atoms. The van der Waals surface area contributed by atoms with Gasteiger partial charge in [-0.1, -0.05) is 24.4 Å². The van der Waals surface area contributed by atoms with Crippen molar-refractivity contribution in [3.05, 3.63) is 22.7 Å². The first-order valence-corrected chi connectivity index (χ1v) is 14.7. The number of nitrogen functional groups attached to an aromatic ring is 1. The number of benzene rings is 1. The van der Waals surface area contributed by atoms with Crippen LogP contribution in [0.15, 0.2) is 12.1 Å². The molecule has 9 nitrogen and oxygen atoms in total. The summed E-state index contributed by atoms with van der Waals surface area (Å²) >= 11 is 6.10. The van der Waals surface area contributed by atoms with Crippen LogP contribution in [0.25, 0.3) is 0 Å². The summed E-state index contributed by atoms with van der Waals surface area (Å²) in [6, 6.07) is 3.29. The Morgan fingerprint density at radius 1 is 1.03 bits per heavy atom. The van der Waals surface area contributed by atoms with Crippen LogP contribution >= 0.6 is 11.6 Å². The monoisotopic (exact) mass is 529 g/mol. The van der Waals surface area contributed by atoms with E-state index in [2.05, 4.69) is 15.1 Å². The maximum Gasteiger partial charge on any atom is 0.255 e. The minimum Gasteiger partial charge on any atom is -0.496 e. The third-order valence-corrected chi connectivity index (χ3v) is 8.62. The van der Waals surface area contributed by atoms with Gasteiger partial charge in [0.15, 0.2) is 0 Å². The Hall–Kier alpha value is -1.59. The maximum atomic E-state index is 12.7. The molecule has 2 aliphatic rings. The molecule has 1 amide bonds. The van der Waals surface area contributed by atoms with Crippen molar-refractivity contribution in [2.24, 2.45) is 0 Å². The Morgan fingerprint density at radius 3 is 2.14 bits per heavy atom. The number of nitrogens with two attached hydrogens (primary N) is 1. The second kappa shape index (κ2) is 13.1. The van der Waals surface area contributed by atoms with E-state index >= 15 is 0 Å². The van der Waals surface area contributed by atoms with Gasteiger partial charge in [-0.25, -0.2) is 8.42 Å². The number of hydrogen-bond donors (Lipinski definition) is 2. The number of likely N-dealkylation sites (tertiary alicyclic amines) is 1. The van der Waals surface area contributed by atoms with Crippen molar-refractivity contribution in [1.82, 2.24) is 19.4 Å². The molecule has 0 radical (unpaired) electrons. The predicted molar refractivity (Wildman–Crippen MR) is 141 cm³/mol. The Bertz CT molecular complexity index is 945. The third-order valence-electron chi connectivity index (χ3n) is 6.99. The molecule has 3 N–H and O–H groups in total. The van der Waals surface area contributed by atoms with Crippen molar-refractivity contribution in [3.63, 3.8) is 0 Å². The number of carbonyl (C=O) groups excluding carboxylic acids is 1. The Labute approximate surface area is 214 Å². The number of unbranched alkanes of at least 4 members (excludes halogenated alkanes) is 3. The molecule has 198 valence electrons. The summed E-state index contributed by atoms with van der Waals surface area (Å²) in [6.45, 7) is 6.98. The van der Waals surface area contributed by atoms with E-state index in [1.165, 1.54) is 32.6 Å². The van der Waals surface area contributed by atoms with Crippen molar-refractivity contribution in [3.8, 4) is 5.75 Å². The molecule has 0 aromatic heterocycles. The molecule has 0 atom stereocenters. The number of ether oxygens (including phenoxy) is 1. The van der Waals surface area contributed by atoms with E-state index in [0.29, 0.717) is 35.1 Å². The average Bonchev–Trinajstić information content (AvgIpc) is 2.83. The largest absolute Gasteiger partial charge is 0.496 e. The molecule has 35 heavy (non-hydrogen) atoms. The van der Waals surface area contributed by atoms with Crippen molar-refractivity contribution in [2.45, 2.75) is 44.6 Å². The SMILES string of the molecule is COc1cc(N)c(Cl)cc1C(=O)NC1CCN(CCCCCCN2CCN(S(C)(=O)=O)CC2)CC1. The van der Waals surface area contributed by atoms with Gasteiger partial charge in [0.05, 0.1) is 29.6 Å². The van der Waals surface area contributed by atoms with Gasteiger partial charge < -0.3 is 25.6 Å². The molecule has 2 fully saturated rings. The van der Waals surface area contributed by atoms with E-state index in [9.17, 15) is 13.2 Å². The Morgan fingerprint density at radius 2 is 1.60 bits per heavy atom. The van der Waals surface area contributed by atoms with Gasteiger partial charge in [0, 0.05) is 51.4 Å². The fourth-order valence-electron chi connectivity index (χ4n) is 4.79. The molecule has 1 aromatic rings. The van der Waals surface area contributed by atoms with Crippen LogP contribution in [-0.2, 0) is 10.0 Å². The van der Waals surface area contributed by atoms with Crippen LogP contribution in [0.3, 0.4) is 0 Å². The molecule has 1 aromatic carbocycles. The zero-order chi connectivity index (χ0) is 25.4. The number of halogens is 1. The second-order valence-electron chi connectivity index (χ2n) is 9.58. The van der Waals surface area contributed by atoms with Crippen molar-refractivity contribution in [2.75, 3.05) is 71.5 Å². The first-order valence-electron chi connectivity index (χ1n) is 12.5.